The van der Waals surface area contributed by atoms with Crippen molar-refractivity contribution in [3.8, 4) is 0 Å². The molecule has 0 aliphatic carbocycles. The summed E-state index contributed by atoms with van der Waals surface area (Å²) in [5, 5.41) is 25.5. The van der Waals surface area contributed by atoms with E-state index in [1.807, 2.05) is 12.4 Å². The number of rotatable bonds is 5. The highest BCUT2D eigenvalue weighted by molar-refractivity contribution is 4.63. The van der Waals surface area contributed by atoms with Crippen LogP contribution in [-0.4, -0.2) is 34.7 Å². The fourth-order valence-corrected chi connectivity index (χ4v) is 0.728. The lowest BCUT2D eigenvalue weighted by Gasteiger charge is -2.14. The zero-order valence-electron chi connectivity index (χ0n) is 6.12. The van der Waals surface area contributed by atoms with E-state index >= 15 is 0 Å². The van der Waals surface area contributed by atoms with E-state index in [9.17, 15) is 0 Å². The van der Waals surface area contributed by atoms with E-state index < -0.39 is 0 Å². The monoisotopic (exact) mass is 149 g/mol. The maximum Gasteiger partial charge on any atom is 0.0607 e. The quantitative estimate of drug-likeness (QED) is 0.392. The van der Waals surface area contributed by atoms with Crippen LogP contribution in [0.5, 0.6) is 0 Å². The predicted octanol–water partition coefficient (Wildman–Crippen LogP) is -0.655. The van der Waals surface area contributed by atoms with Crippen molar-refractivity contribution in [1.82, 2.24) is 5.48 Å². The Hall–Kier alpha value is -0.160. The number of hydrogen-bond donors (Lipinski definition) is 4. The maximum atomic E-state index is 8.58. The second-order valence-electron chi connectivity index (χ2n) is 2.53. The molecule has 2 atom stereocenters. The van der Waals surface area contributed by atoms with Crippen molar-refractivity contribution in [2.24, 2.45) is 5.92 Å². The van der Waals surface area contributed by atoms with E-state index in [1.165, 1.54) is 0 Å². The van der Waals surface area contributed by atoms with Gasteiger partial charge in [0.05, 0.1) is 12.6 Å². The van der Waals surface area contributed by atoms with Crippen LogP contribution in [0, 0.1) is 5.92 Å². The van der Waals surface area contributed by atoms with Crippen LogP contribution < -0.4 is 5.48 Å². The first-order valence-electron chi connectivity index (χ1n) is 3.36. The molecule has 4 heteroatoms. The van der Waals surface area contributed by atoms with Gasteiger partial charge in [0.15, 0.2) is 0 Å². The van der Waals surface area contributed by atoms with E-state index in [1.54, 1.807) is 0 Å². The summed E-state index contributed by atoms with van der Waals surface area (Å²) in [5.74, 6) is 0.108. The fraction of sp³-hybridized carbons (Fsp3) is 1.00. The Morgan fingerprint density at radius 2 is 1.90 bits per heavy atom. The highest BCUT2D eigenvalue weighted by Crippen LogP contribution is 2.03. The Bertz CT molecular complexity index is 75.4. The summed E-state index contributed by atoms with van der Waals surface area (Å²) in [6.45, 7) is 1.82. The van der Waals surface area contributed by atoms with Crippen molar-refractivity contribution in [2.45, 2.75) is 19.4 Å². The van der Waals surface area contributed by atoms with Crippen LogP contribution in [0.4, 0.5) is 0 Å². The predicted molar refractivity (Wildman–Crippen MR) is 36.7 cm³/mol. The van der Waals surface area contributed by atoms with Crippen LogP contribution in [0.1, 0.15) is 13.3 Å². The lowest BCUT2D eigenvalue weighted by Crippen LogP contribution is -2.31. The van der Waals surface area contributed by atoms with Crippen molar-refractivity contribution in [1.29, 1.82) is 0 Å². The van der Waals surface area contributed by atoms with E-state index in [0.29, 0.717) is 6.42 Å². The molecule has 62 valence electrons. The summed E-state index contributed by atoms with van der Waals surface area (Å²) in [7, 11) is 0. The average molecular weight is 149 g/mol. The molecule has 4 N–H and O–H groups in total. The van der Waals surface area contributed by atoms with Crippen LogP contribution in [0.15, 0.2) is 0 Å². The normalized spacial score (nSPS) is 16.8. The Morgan fingerprint density at radius 3 is 2.20 bits per heavy atom. The van der Waals surface area contributed by atoms with E-state index in [4.69, 9.17) is 15.4 Å². The standard InChI is InChI=1S/C6H15NO3/c1-5(3-8)2-6(4-9)7-10/h5-10H,2-4H2,1H3. The zero-order valence-corrected chi connectivity index (χ0v) is 6.12. The Balaban J connectivity index is 3.41. The first kappa shape index (κ1) is 9.84. The molecule has 0 amide bonds. The molecule has 2 unspecified atom stereocenters. The lowest BCUT2D eigenvalue weighted by atomic mass is 10.0. The summed E-state index contributed by atoms with van der Waals surface area (Å²) in [6, 6.07) is -0.317. The van der Waals surface area contributed by atoms with Gasteiger partial charge in [0.2, 0.25) is 0 Å². The third-order valence-corrected chi connectivity index (χ3v) is 1.40. The Labute approximate surface area is 60.5 Å². The molecule has 0 radical (unpaired) electrons. The third kappa shape index (κ3) is 3.79. The molecule has 0 fully saturated rings. The second-order valence-corrected chi connectivity index (χ2v) is 2.53. The van der Waals surface area contributed by atoms with Gasteiger partial charge in [-0.3, -0.25) is 0 Å². The van der Waals surface area contributed by atoms with Crippen molar-refractivity contribution >= 4 is 0 Å². The number of aliphatic hydroxyl groups is 2. The van der Waals surface area contributed by atoms with Gasteiger partial charge in [-0.1, -0.05) is 6.92 Å². The summed E-state index contributed by atoms with van der Waals surface area (Å²) in [4.78, 5) is 0. The van der Waals surface area contributed by atoms with Crippen LogP contribution in [0.25, 0.3) is 0 Å². The van der Waals surface area contributed by atoms with Gasteiger partial charge in [0, 0.05) is 6.61 Å². The first-order valence-corrected chi connectivity index (χ1v) is 3.36. The van der Waals surface area contributed by atoms with Gasteiger partial charge in [-0.2, -0.15) is 0 Å². The van der Waals surface area contributed by atoms with Crippen molar-refractivity contribution in [2.75, 3.05) is 13.2 Å². The first-order chi connectivity index (χ1) is 4.74. The summed E-state index contributed by atoms with van der Waals surface area (Å²) in [5.41, 5.74) is 1.96. The molecule has 0 heterocycles. The van der Waals surface area contributed by atoms with Gasteiger partial charge in [0.1, 0.15) is 0 Å². The highest BCUT2D eigenvalue weighted by atomic mass is 16.5. The number of hydroxylamine groups is 1. The second kappa shape index (κ2) is 5.61. The van der Waals surface area contributed by atoms with E-state index in [0.717, 1.165) is 0 Å². The summed E-state index contributed by atoms with van der Waals surface area (Å²) >= 11 is 0. The number of nitrogens with one attached hydrogen (secondary N) is 1. The molecule has 10 heavy (non-hydrogen) atoms. The minimum absolute atomic E-state index is 0.0815. The third-order valence-electron chi connectivity index (χ3n) is 1.40. The minimum atomic E-state index is -0.317. The maximum absolute atomic E-state index is 8.58. The van der Waals surface area contributed by atoms with Crippen LogP contribution in [-0.2, 0) is 0 Å². The molecule has 0 aromatic rings. The molecule has 0 aromatic heterocycles. The number of hydrogen-bond acceptors (Lipinski definition) is 4. The van der Waals surface area contributed by atoms with Gasteiger partial charge in [-0.25, -0.2) is 5.48 Å². The van der Waals surface area contributed by atoms with E-state index in [2.05, 4.69) is 0 Å². The van der Waals surface area contributed by atoms with Gasteiger partial charge in [0.25, 0.3) is 0 Å². The molecule has 0 rings (SSSR count). The topological polar surface area (TPSA) is 72.7 Å². The SMILES string of the molecule is CC(CO)CC(CO)NO. The van der Waals surface area contributed by atoms with Gasteiger partial charge in [-0.15, -0.1) is 0 Å². The molecule has 0 spiro atoms. The van der Waals surface area contributed by atoms with Crippen LogP contribution in [0.3, 0.4) is 0 Å². The fourth-order valence-electron chi connectivity index (χ4n) is 0.728. The van der Waals surface area contributed by atoms with Crippen LogP contribution in [0.2, 0.25) is 0 Å². The molecule has 0 saturated heterocycles. The van der Waals surface area contributed by atoms with Crippen molar-refractivity contribution < 1.29 is 15.4 Å². The number of aliphatic hydroxyl groups excluding tert-OH is 2. The minimum Gasteiger partial charge on any atom is -0.396 e. The van der Waals surface area contributed by atoms with Gasteiger partial charge >= 0.3 is 0 Å². The molecular weight excluding hydrogens is 134 g/mol. The summed E-state index contributed by atoms with van der Waals surface area (Å²) < 4.78 is 0. The Kier molecular flexibility index (Phi) is 5.52. The smallest absolute Gasteiger partial charge is 0.0607 e. The molecule has 0 saturated carbocycles. The molecule has 0 aliphatic heterocycles. The summed E-state index contributed by atoms with van der Waals surface area (Å²) in [6.07, 6.45) is 0.573. The van der Waals surface area contributed by atoms with Gasteiger partial charge in [-0.05, 0) is 12.3 Å². The largest absolute Gasteiger partial charge is 0.396 e. The molecule has 0 bridgehead atoms. The van der Waals surface area contributed by atoms with Gasteiger partial charge < -0.3 is 15.4 Å². The molecule has 0 aliphatic rings. The molecule has 0 aromatic carbocycles. The van der Waals surface area contributed by atoms with Crippen molar-refractivity contribution in [3.05, 3.63) is 0 Å². The van der Waals surface area contributed by atoms with Crippen LogP contribution >= 0.6 is 0 Å². The molecular formula is C6H15NO3. The Morgan fingerprint density at radius 1 is 1.30 bits per heavy atom. The van der Waals surface area contributed by atoms with E-state index in [-0.39, 0.29) is 25.2 Å². The molecule has 4 nitrogen and oxygen atoms in total. The lowest BCUT2D eigenvalue weighted by molar-refractivity contribution is 0.0726. The average Bonchev–Trinajstić information content (AvgIpc) is 1.99. The zero-order chi connectivity index (χ0) is 7.98. The highest BCUT2D eigenvalue weighted by Gasteiger charge is 2.09. The van der Waals surface area contributed by atoms with Crippen molar-refractivity contribution in [3.63, 3.8) is 0 Å².